The summed E-state index contributed by atoms with van der Waals surface area (Å²) in [6, 6.07) is 12.0. The zero-order chi connectivity index (χ0) is 22.2. The summed E-state index contributed by atoms with van der Waals surface area (Å²) in [5.41, 5.74) is 0.783. The lowest BCUT2D eigenvalue weighted by Crippen LogP contribution is -2.25. The zero-order valence-electron chi connectivity index (χ0n) is 17.3. The first kappa shape index (κ1) is 22.0. The summed E-state index contributed by atoms with van der Waals surface area (Å²) in [6.45, 7) is 0.374. The molecule has 0 saturated heterocycles. The van der Waals surface area contributed by atoms with Crippen molar-refractivity contribution in [2.45, 2.75) is 6.42 Å². The molecule has 0 radical (unpaired) electrons. The third-order valence-corrected chi connectivity index (χ3v) is 5.20. The summed E-state index contributed by atoms with van der Waals surface area (Å²) in [4.78, 5) is 24.9. The highest BCUT2D eigenvalue weighted by atomic mass is 32.1. The van der Waals surface area contributed by atoms with E-state index in [4.69, 9.17) is 14.2 Å². The molecule has 0 spiro atoms. The van der Waals surface area contributed by atoms with Gasteiger partial charge in [0.25, 0.3) is 11.8 Å². The molecule has 0 atom stereocenters. The summed E-state index contributed by atoms with van der Waals surface area (Å²) in [5, 5.41) is 14.6. The van der Waals surface area contributed by atoms with Crippen LogP contribution < -0.4 is 24.8 Å². The standard InChI is InChI=1S/C21H22N4O5S/c1-28-14-7-4-6-13(12-14)19(26)22-11-10-17-24-25-21(31-17)23-20(27)18-15(29-2)8-5-9-16(18)30-3/h4-9,12H,10-11H2,1-3H3,(H,22,26)(H,23,25,27). The molecule has 0 saturated carbocycles. The number of anilines is 1. The molecule has 9 nitrogen and oxygen atoms in total. The summed E-state index contributed by atoms with van der Waals surface area (Å²) < 4.78 is 15.6. The van der Waals surface area contributed by atoms with Crippen LogP contribution in [-0.2, 0) is 6.42 Å². The Kier molecular flexibility index (Phi) is 7.39. The van der Waals surface area contributed by atoms with Crippen molar-refractivity contribution in [1.82, 2.24) is 15.5 Å². The Morgan fingerprint density at radius 1 is 0.935 bits per heavy atom. The van der Waals surface area contributed by atoms with Crippen molar-refractivity contribution in [3.8, 4) is 17.2 Å². The van der Waals surface area contributed by atoms with Crippen molar-refractivity contribution in [3.05, 3.63) is 58.6 Å². The number of rotatable bonds is 9. The lowest BCUT2D eigenvalue weighted by atomic mass is 10.1. The van der Waals surface area contributed by atoms with Gasteiger partial charge in [-0.3, -0.25) is 14.9 Å². The van der Waals surface area contributed by atoms with E-state index in [1.807, 2.05) is 0 Å². The van der Waals surface area contributed by atoms with E-state index in [9.17, 15) is 9.59 Å². The summed E-state index contributed by atoms with van der Waals surface area (Å²) in [6.07, 6.45) is 0.473. The second-order valence-corrected chi connectivity index (χ2v) is 7.29. The molecule has 10 heteroatoms. The molecule has 31 heavy (non-hydrogen) atoms. The van der Waals surface area contributed by atoms with Gasteiger partial charge in [0, 0.05) is 18.5 Å². The molecule has 0 aliphatic rings. The van der Waals surface area contributed by atoms with Gasteiger partial charge in [-0.25, -0.2) is 0 Å². The number of aromatic nitrogens is 2. The number of benzene rings is 2. The molecule has 2 N–H and O–H groups in total. The highest BCUT2D eigenvalue weighted by Crippen LogP contribution is 2.29. The number of ether oxygens (including phenoxy) is 3. The average Bonchev–Trinajstić information content (AvgIpc) is 3.25. The maximum atomic E-state index is 12.7. The van der Waals surface area contributed by atoms with Gasteiger partial charge in [0.15, 0.2) is 0 Å². The molecule has 2 aromatic carbocycles. The molecule has 0 aliphatic heterocycles. The first-order valence-corrected chi connectivity index (χ1v) is 10.1. The van der Waals surface area contributed by atoms with Gasteiger partial charge >= 0.3 is 0 Å². The fraction of sp³-hybridized carbons (Fsp3) is 0.238. The van der Waals surface area contributed by atoms with Crippen molar-refractivity contribution in [2.75, 3.05) is 33.2 Å². The van der Waals surface area contributed by atoms with Gasteiger partial charge in [-0.2, -0.15) is 0 Å². The number of carbonyl (C=O) groups is 2. The lowest BCUT2D eigenvalue weighted by Gasteiger charge is -2.11. The average molecular weight is 442 g/mol. The maximum absolute atomic E-state index is 12.7. The van der Waals surface area contributed by atoms with E-state index in [0.717, 1.165) is 0 Å². The molecule has 0 bridgehead atoms. The summed E-state index contributed by atoms with van der Waals surface area (Å²) in [7, 11) is 4.51. The number of amides is 2. The van der Waals surface area contributed by atoms with Gasteiger partial charge in [0.2, 0.25) is 5.13 Å². The van der Waals surface area contributed by atoms with Crippen molar-refractivity contribution >= 4 is 28.3 Å². The van der Waals surface area contributed by atoms with Crippen molar-refractivity contribution < 1.29 is 23.8 Å². The highest BCUT2D eigenvalue weighted by molar-refractivity contribution is 7.15. The van der Waals surface area contributed by atoms with Crippen LogP contribution in [0.15, 0.2) is 42.5 Å². The quantitative estimate of drug-likeness (QED) is 0.524. The summed E-state index contributed by atoms with van der Waals surface area (Å²) >= 11 is 1.23. The normalized spacial score (nSPS) is 10.3. The molecule has 1 aromatic heterocycles. The van der Waals surface area contributed by atoms with E-state index in [-0.39, 0.29) is 11.5 Å². The molecule has 0 fully saturated rings. The minimum atomic E-state index is -0.414. The highest BCUT2D eigenvalue weighted by Gasteiger charge is 2.19. The molecular weight excluding hydrogens is 420 g/mol. The van der Waals surface area contributed by atoms with E-state index < -0.39 is 5.91 Å². The molecule has 0 unspecified atom stereocenters. The van der Waals surface area contributed by atoms with E-state index in [1.54, 1.807) is 49.6 Å². The number of nitrogens with zero attached hydrogens (tertiary/aromatic N) is 2. The Bertz CT molecular complexity index is 1050. The van der Waals surface area contributed by atoms with Crippen molar-refractivity contribution in [1.29, 1.82) is 0 Å². The van der Waals surface area contributed by atoms with Crippen LogP contribution in [0, 0.1) is 0 Å². The Balaban J connectivity index is 1.57. The molecule has 3 rings (SSSR count). The first-order chi connectivity index (χ1) is 15.0. The molecule has 1 heterocycles. The van der Waals surface area contributed by atoms with E-state index in [0.29, 0.717) is 45.9 Å². The van der Waals surface area contributed by atoms with Crippen molar-refractivity contribution in [3.63, 3.8) is 0 Å². The second kappa shape index (κ2) is 10.4. The third kappa shape index (κ3) is 5.48. The second-order valence-electron chi connectivity index (χ2n) is 6.23. The lowest BCUT2D eigenvalue weighted by molar-refractivity contribution is 0.0952. The first-order valence-electron chi connectivity index (χ1n) is 9.32. The minimum Gasteiger partial charge on any atom is -0.497 e. The number of nitrogens with one attached hydrogen (secondary N) is 2. The number of hydrogen-bond donors (Lipinski definition) is 2. The smallest absolute Gasteiger partial charge is 0.265 e. The topological polar surface area (TPSA) is 112 Å². The maximum Gasteiger partial charge on any atom is 0.265 e. The van der Waals surface area contributed by atoms with E-state index >= 15 is 0 Å². The number of hydrogen-bond acceptors (Lipinski definition) is 8. The third-order valence-electron chi connectivity index (χ3n) is 4.30. The Morgan fingerprint density at radius 3 is 2.32 bits per heavy atom. The van der Waals surface area contributed by atoms with Gasteiger partial charge in [0.05, 0.1) is 21.3 Å². The van der Waals surface area contributed by atoms with Gasteiger partial charge in [-0.15, -0.1) is 10.2 Å². The van der Waals surface area contributed by atoms with Gasteiger partial charge in [0.1, 0.15) is 27.8 Å². The predicted molar refractivity (Wildman–Crippen MR) is 116 cm³/mol. The number of methoxy groups -OCH3 is 3. The SMILES string of the molecule is COc1cccc(C(=O)NCCc2nnc(NC(=O)c3c(OC)cccc3OC)s2)c1. The fourth-order valence-corrected chi connectivity index (χ4v) is 3.52. The van der Waals surface area contributed by atoms with Crippen LogP contribution in [0.25, 0.3) is 0 Å². The zero-order valence-corrected chi connectivity index (χ0v) is 18.1. The fourth-order valence-electron chi connectivity index (χ4n) is 2.79. The molecule has 3 aromatic rings. The van der Waals surface area contributed by atoms with Crippen LogP contribution in [0.3, 0.4) is 0 Å². The van der Waals surface area contributed by atoms with Crippen LogP contribution in [0.1, 0.15) is 25.7 Å². The van der Waals surface area contributed by atoms with Crippen LogP contribution in [0.5, 0.6) is 17.2 Å². The molecular formula is C21H22N4O5S. The van der Waals surface area contributed by atoms with Crippen LogP contribution >= 0.6 is 11.3 Å². The molecule has 162 valence electrons. The van der Waals surface area contributed by atoms with Crippen LogP contribution in [0.4, 0.5) is 5.13 Å². The predicted octanol–water partition coefficient (Wildman–Crippen LogP) is 2.79. The van der Waals surface area contributed by atoms with E-state index in [1.165, 1.54) is 25.6 Å². The Hall–Kier alpha value is -3.66. The van der Waals surface area contributed by atoms with Gasteiger partial charge in [-0.1, -0.05) is 23.5 Å². The molecule has 0 aliphatic carbocycles. The Morgan fingerprint density at radius 2 is 1.65 bits per heavy atom. The van der Waals surface area contributed by atoms with Crippen LogP contribution in [0.2, 0.25) is 0 Å². The largest absolute Gasteiger partial charge is 0.497 e. The Labute approximate surface area is 183 Å². The monoisotopic (exact) mass is 442 g/mol. The van der Waals surface area contributed by atoms with Gasteiger partial charge < -0.3 is 19.5 Å². The van der Waals surface area contributed by atoms with Crippen molar-refractivity contribution in [2.24, 2.45) is 0 Å². The minimum absolute atomic E-state index is 0.208. The van der Waals surface area contributed by atoms with E-state index in [2.05, 4.69) is 20.8 Å². The van der Waals surface area contributed by atoms with Gasteiger partial charge in [-0.05, 0) is 30.3 Å². The molecule has 2 amide bonds. The van der Waals surface area contributed by atoms with Crippen LogP contribution in [-0.4, -0.2) is 49.9 Å². The number of carbonyl (C=O) groups excluding carboxylic acids is 2. The summed E-state index contributed by atoms with van der Waals surface area (Å²) in [5.74, 6) is 0.774.